The van der Waals surface area contributed by atoms with Gasteiger partial charge in [0.05, 0.1) is 4.90 Å². The van der Waals surface area contributed by atoms with E-state index in [0.29, 0.717) is 5.02 Å². The summed E-state index contributed by atoms with van der Waals surface area (Å²) in [5.41, 5.74) is 4.95. The molecule has 0 spiro atoms. The smallest absolute Gasteiger partial charge is 0.235 e. The van der Waals surface area contributed by atoms with Gasteiger partial charge in [0.25, 0.3) is 0 Å². The van der Waals surface area contributed by atoms with Crippen LogP contribution in [0.4, 0.5) is 0 Å². The van der Waals surface area contributed by atoms with E-state index < -0.39 is 21.0 Å². The molecule has 0 saturated carbocycles. The molecule has 1 rings (SSSR count). The van der Waals surface area contributed by atoms with Crippen LogP contribution in [0, 0.1) is 0 Å². The minimum absolute atomic E-state index is 0.0400. The molecule has 0 heterocycles. The fraction of sp³-hybridized carbons (Fsp3) is 0.222. The molecule has 1 aromatic carbocycles. The Kier molecular flexibility index (Phi) is 3.36. The average molecular weight is 248 g/mol. The lowest BCUT2D eigenvalue weighted by Gasteiger charge is -2.08. The van der Waals surface area contributed by atoms with E-state index in [1.165, 1.54) is 31.2 Å². The minimum Gasteiger partial charge on any atom is -0.369 e. The zero-order valence-corrected chi connectivity index (χ0v) is 9.55. The largest absolute Gasteiger partial charge is 0.369 e. The van der Waals surface area contributed by atoms with Gasteiger partial charge in [0, 0.05) is 5.02 Å². The van der Waals surface area contributed by atoms with Gasteiger partial charge in [-0.15, -0.1) is 0 Å². The molecular formula is C9H10ClNO3S. The van der Waals surface area contributed by atoms with E-state index >= 15 is 0 Å². The van der Waals surface area contributed by atoms with Crippen molar-refractivity contribution in [1.82, 2.24) is 0 Å². The number of benzene rings is 1. The highest BCUT2D eigenvalue weighted by atomic mass is 35.5. The van der Waals surface area contributed by atoms with Crippen LogP contribution in [0.2, 0.25) is 5.02 Å². The van der Waals surface area contributed by atoms with Crippen molar-refractivity contribution in [2.45, 2.75) is 17.1 Å². The highest BCUT2D eigenvalue weighted by molar-refractivity contribution is 7.92. The van der Waals surface area contributed by atoms with Gasteiger partial charge in [0.15, 0.2) is 9.84 Å². The number of halogens is 1. The van der Waals surface area contributed by atoms with E-state index in [1.807, 2.05) is 0 Å². The van der Waals surface area contributed by atoms with Gasteiger partial charge in [-0.1, -0.05) is 11.6 Å². The van der Waals surface area contributed by atoms with Crippen LogP contribution < -0.4 is 5.73 Å². The van der Waals surface area contributed by atoms with Gasteiger partial charge in [-0.3, -0.25) is 4.79 Å². The number of hydrogen-bond donors (Lipinski definition) is 1. The predicted octanol–water partition coefficient (Wildman–Crippen LogP) is 0.987. The Morgan fingerprint density at radius 3 is 2.20 bits per heavy atom. The number of sulfone groups is 1. The van der Waals surface area contributed by atoms with E-state index in [1.54, 1.807) is 0 Å². The van der Waals surface area contributed by atoms with Crippen LogP contribution in [0.3, 0.4) is 0 Å². The highest BCUT2D eigenvalue weighted by Gasteiger charge is 2.27. The first kappa shape index (κ1) is 12.0. The Balaban J connectivity index is 3.17. The molecule has 0 aliphatic rings. The topological polar surface area (TPSA) is 77.2 Å². The standard InChI is InChI=1S/C9H10ClNO3S/c1-6(9(11)12)15(13,14)8-4-2-7(10)3-5-8/h2-6H,1H3,(H2,11,12)/t6-/m0/s1. The van der Waals surface area contributed by atoms with Crippen LogP contribution in [-0.4, -0.2) is 19.6 Å². The molecule has 0 bridgehead atoms. The fourth-order valence-corrected chi connectivity index (χ4v) is 2.34. The first-order valence-corrected chi connectivity index (χ1v) is 6.07. The molecule has 0 aliphatic carbocycles. The van der Waals surface area contributed by atoms with Crippen molar-refractivity contribution in [2.75, 3.05) is 0 Å². The minimum atomic E-state index is -3.69. The van der Waals surface area contributed by atoms with Crippen molar-refractivity contribution in [3.05, 3.63) is 29.3 Å². The lowest BCUT2D eigenvalue weighted by Crippen LogP contribution is -2.33. The number of carbonyl (C=O) groups excluding carboxylic acids is 1. The third kappa shape index (κ3) is 2.49. The molecule has 0 radical (unpaired) electrons. The molecule has 0 saturated heterocycles. The molecular weight excluding hydrogens is 238 g/mol. The summed E-state index contributed by atoms with van der Waals surface area (Å²) in [6, 6.07) is 5.58. The summed E-state index contributed by atoms with van der Waals surface area (Å²) >= 11 is 5.62. The van der Waals surface area contributed by atoms with Crippen molar-refractivity contribution >= 4 is 27.3 Å². The molecule has 1 aromatic rings. The second-order valence-electron chi connectivity index (χ2n) is 3.04. The van der Waals surface area contributed by atoms with Crippen LogP contribution in [-0.2, 0) is 14.6 Å². The molecule has 0 aromatic heterocycles. The highest BCUT2D eigenvalue weighted by Crippen LogP contribution is 2.18. The summed E-state index contributed by atoms with van der Waals surface area (Å²) in [5, 5.41) is -0.806. The second-order valence-corrected chi connectivity index (χ2v) is 5.75. The van der Waals surface area contributed by atoms with Gasteiger partial charge >= 0.3 is 0 Å². The third-order valence-electron chi connectivity index (χ3n) is 2.01. The summed E-state index contributed by atoms with van der Waals surface area (Å²) < 4.78 is 23.5. The van der Waals surface area contributed by atoms with Crippen molar-refractivity contribution in [3.63, 3.8) is 0 Å². The first-order chi connectivity index (χ1) is 6.85. The monoisotopic (exact) mass is 247 g/mol. The maximum atomic E-state index is 11.7. The normalized spacial score (nSPS) is 13.5. The van der Waals surface area contributed by atoms with Crippen LogP contribution in [0.1, 0.15) is 6.92 Å². The van der Waals surface area contributed by atoms with Crippen molar-refractivity contribution in [2.24, 2.45) is 5.73 Å². The molecule has 0 fully saturated rings. The quantitative estimate of drug-likeness (QED) is 0.865. The molecule has 0 unspecified atom stereocenters. The van der Waals surface area contributed by atoms with Gasteiger partial charge in [0.1, 0.15) is 5.25 Å². The summed E-state index contributed by atoms with van der Waals surface area (Å²) in [4.78, 5) is 10.8. The number of hydrogen-bond acceptors (Lipinski definition) is 3. The Hall–Kier alpha value is -1.07. The van der Waals surface area contributed by atoms with E-state index in [0.717, 1.165) is 0 Å². The summed E-state index contributed by atoms with van der Waals surface area (Å²) in [5.74, 6) is -0.870. The molecule has 4 nitrogen and oxygen atoms in total. The second kappa shape index (κ2) is 4.20. The van der Waals surface area contributed by atoms with Gasteiger partial charge in [-0.05, 0) is 31.2 Å². The van der Waals surface area contributed by atoms with Crippen LogP contribution in [0.5, 0.6) is 0 Å². The van der Waals surface area contributed by atoms with Gasteiger partial charge in [-0.25, -0.2) is 8.42 Å². The SMILES string of the molecule is C[C@@H](C(N)=O)S(=O)(=O)c1ccc(Cl)cc1. The molecule has 1 atom stereocenters. The van der Waals surface area contributed by atoms with Gasteiger partial charge in [-0.2, -0.15) is 0 Å². The van der Waals surface area contributed by atoms with Crippen molar-refractivity contribution < 1.29 is 13.2 Å². The lowest BCUT2D eigenvalue weighted by molar-refractivity contribution is -0.117. The van der Waals surface area contributed by atoms with Crippen LogP contribution >= 0.6 is 11.6 Å². The van der Waals surface area contributed by atoms with Gasteiger partial charge < -0.3 is 5.73 Å². The number of primary amides is 1. The maximum Gasteiger partial charge on any atom is 0.235 e. The predicted molar refractivity (Wildman–Crippen MR) is 57.3 cm³/mol. The summed E-state index contributed by atoms with van der Waals surface area (Å²) in [7, 11) is -3.69. The Labute approximate surface area is 93.0 Å². The van der Waals surface area contributed by atoms with E-state index in [9.17, 15) is 13.2 Å². The molecule has 82 valence electrons. The average Bonchev–Trinajstić information content (AvgIpc) is 2.17. The van der Waals surface area contributed by atoms with Gasteiger partial charge in [0.2, 0.25) is 5.91 Å². The van der Waals surface area contributed by atoms with Crippen molar-refractivity contribution in [1.29, 1.82) is 0 Å². The fourth-order valence-electron chi connectivity index (χ4n) is 0.981. The zero-order chi connectivity index (χ0) is 11.6. The Morgan fingerprint density at radius 2 is 1.80 bits per heavy atom. The molecule has 6 heteroatoms. The van der Waals surface area contributed by atoms with Crippen LogP contribution in [0.25, 0.3) is 0 Å². The molecule has 1 amide bonds. The van der Waals surface area contributed by atoms with Crippen molar-refractivity contribution in [3.8, 4) is 0 Å². The van der Waals surface area contributed by atoms with Crippen LogP contribution in [0.15, 0.2) is 29.2 Å². The molecule has 15 heavy (non-hydrogen) atoms. The number of carbonyl (C=O) groups is 1. The van der Waals surface area contributed by atoms with E-state index in [-0.39, 0.29) is 4.90 Å². The first-order valence-electron chi connectivity index (χ1n) is 4.14. The summed E-state index contributed by atoms with van der Waals surface area (Å²) in [6.07, 6.45) is 0. The third-order valence-corrected chi connectivity index (χ3v) is 4.35. The van der Waals surface area contributed by atoms with E-state index in [2.05, 4.69) is 0 Å². The van der Waals surface area contributed by atoms with E-state index in [4.69, 9.17) is 17.3 Å². The Morgan fingerprint density at radius 1 is 1.33 bits per heavy atom. The molecule has 2 N–H and O–H groups in total. The lowest BCUT2D eigenvalue weighted by atomic mass is 10.4. The zero-order valence-electron chi connectivity index (χ0n) is 7.98. The number of rotatable bonds is 3. The number of amides is 1. The maximum absolute atomic E-state index is 11.7. The number of nitrogens with two attached hydrogens (primary N) is 1. The Bertz CT molecular complexity index is 467. The summed E-state index contributed by atoms with van der Waals surface area (Å²) in [6.45, 7) is 1.26. The molecule has 0 aliphatic heterocycles.